The van der Waals surface area contributed by atoms with Crippen LogP contribution < -0.4 is 5.32 Å². The number of esters is 1. The molecule has 2 heterocycles. The molecule has 6 nitrogen and oxygen atoms in total. The largest absolute Gasteiger partial charge is 0.461 e. The summed E-state index contributed by atoms with van der Waals surface area (Å²) >= 11 is 1.11. The number of benzene rings is 1. The Bertz CT molecular complexity index is 888. The van der Waals surface area contributed by atoms with Crippen LogP contribution in [0.4, 0.5) is 24.3 Å². The van der Waals surface area contributed by atoms with Crippen LogP contribution in [-0.4, -0.2) is 22.5 Å². The lowest BCUT2D eigenvalue weighted by molar-refractivity contribution is -0.137. The summed E-state index contributed by atoms with van der Waals surface area (Å²) in [6.07, 6.45) is -4.45. The predicted octanol–water partition coefficient (Wildman–Crippen LogP) is 4.22. The van der Waals surface area contributed by atoms with Gasteiger partial charge in [0, 0.05) is 5.38 Å². The van der Waals surface area contributed by atoms with Gasteiger partial charge in [-0.15, -0.1) is 11.3 Å². The topological polar surface area (TPSA) is 77.2 Å². The van der Waals surface area contributed by atoms with Crippen molar-refractivity contribution in [1.29, 1.82) is 0 Å². The molecule has 0 saturated heterocycles. The van der Waals surface area contributed by atoms with Gasteiger partial charge in [-0.3, -0.25) is 5.32 Å². The van der Waals surface area contributed by atoms with Crippen molar-refractivity contribution >= 4 is 39.6 Å². The lowest BCUT2D eigenvalue weighted by Crippen LogP contribution is -2.05. The quantitative estimate of drug-likeness (QED) is 0.705. The van der Waals surface area contributed by atoms with Crippen molar-refractivity contribution in [2.75, 3.05) is 11.9 Å². The summed E-state index contributed by atoms with van der Waals surface area (Å²) in [5.41, 5.74) is -0.421. The molecule has 0 saturated carbocycles. The second-order valence-corrected chi connectivity index (χ2v) is 5.44. The third-order valence-electron chi connectivity index (χ3n) is 2.92. The predicted molar refractivity (Wildman–Crippen MR) is 80.4 cm³/mol. The molecule has 0 amide bonds. The number of thiazole rings is 1. The van der Waals surface area contributed by atoms with E-state index >= 15 is 0 Å². The van der Waals surface area contributed by atoms with E-state index in [9.17, 15) is 18.0 Å². The maximum atomic E-state index is 12.7. The van der Waals surface area contributed by atoms with Gasteiger partial charge in [-0.1, -0.05) is 0 Å². The molecule has 0 spiro atoms. The molecule has 10 heteroatoms. The Morgan fingerprint density at radius 2 is 2.17 bits per heavy atom. The number of nitrogens with one attached hydrogen (secondary N) is 1. The Morgan fingerprint density at radius 3 is 2.88 bits per heavy atom. The maximum absolute atomic E-state index is 12.7. The van der Waals surface area contributed by atoms with Crippen molar-refractivity contribution in [2.45, 2.75) is 13.1 Å². The van der Waals surface area contributed by atoms with E-state index in [2.05, 4.69) is 15.3 Å². The molecule has 0 aliphatic carbocycles. The third kappa shape index (κ3) is 3.32. The summed E-state index contributed by atoms with van der Waals surface area (Å²) in [7, 11) is 0. The van der Waals surface area contributed by atoms with Crippen molar-refractivity contribution in [2.24, 2.45) is 0 Å². The van der Waals surface area contributed by atoms with Crippen LogP contribution in [0, 0.1) is 0 Å². The zero-order valence-electron chi connectivity index (χ0n) is 12.2. The minimum Gasteiger partial charge on any atom is -0.461 e. The minimum atomic E-state index is -4.45. The molecule has 3 rings (SSSR count). The Balaban J connectivity index is 1.82. The number of alkyl halides is 3. The molecule has 2 aromatic heterocycles. The van der Waals surface area contributed by atoms with E-state index in [-0.39, 0.29) is 29.4 Å². The number of anilines is 2. The summed E-state index contributed by atoms with van der Waals surface area (Å²) in [6.45, 7) is 1.91. The van der Waals surface area contributed by atoms with Crippen LogP contribution in [0.5, 0.6) is 0 Å². The minimum absolute atomic E-state index is 0.0194. The number of carbonyl (C=O) groups excluding carboxylic acids is 1. The van der Waals surface area contributed by atoms with E-state index in [4.69, 9.17) is 9.15 Å². The van der Waals surface area contributed by atoms with Gasteiger partial charge in [-0.05, 0) is 25.1 Å². The van der Waals surface area contributed by atoms with Gasteiger partial charge >= 0.3 is 18.2 Å². The number of rotatable bonds is 4. The fourth-order valence-electron chi connectivity index (χ4n) is 1.88. The van der Waals surface area contributed by atoms with Crippen LogP contribution in [0.25, 0.3) is 11.1 Å². The van der Waals surface area contributed by atoms with Crippen LogP contribution in [0.1, 0.15) is 23.0 Å². The first-order chi connectivity index (χ1) is 11.4. The smallest absolute Gasteiger partial charge is 0.416 e. The van der Waals surface area contributed by atoms with Crippen molar-refractivity contribution in [3.8, 4) is 0 Å². The van der Waals surface area contributed by atoms with Gasteiger partial charge in [0.15, 0.2) is 16.4 Å². The average molecular weight is 357 g/mol. The number of halogens is 3. The van der Waals surface area contributed by atoms with Crippen LogP contribution >= 0.6 is 11.3 Å². The molecular formula is C14H10F3N3O3S. The molecule has 0 unspecified atom stereocenters. The monoisotopic (exact) mass is 357 g/mol. The molecule has 0 fully saturated rings. The van der Waals surface area contributed by atoms with E-state index in [0.717, 1.165) is 23.5 Å². The second-order valence-electron chi connectivity index (χ2n) is 4.58. The third-order valence-corrected chi connectivity index (χ3v) is 3.68. The van der Waals surface area contributed by atoms with Gasteiger partial charge in [0.25, 0.3) is 0 Å². The second kappa shape index (κ2) is 6.11. The summed E-state index contributed by atoms with van der Waals surface area (Å²) in [5, 5.41) is 4.51. The van der Waals surface area contributed by atoms with Crippen molar-refractivity contribution in [1.82, 2.24) is 9.97 Å². The Hall–Kier alpha value is -2.62. The number of fused-ring (bicyclic) bond motifs is 1. The molecule has 3 aromatic rings. The van der Waals surface area contributed by atoms with E-state index in [1.54, 1.807) is 6.92 Å². The first kappa shape index (κ1) is 16.2. The van der Waals surface area contributed by atoms with Crippen LogP contribution in [0.2, 0.25) is 0 Å². The van der Waals surface area contributed by atoms with Crippen molar-refractivity contribution in [3.05, 3.63) is 34.8 Å². The van der Waals surface area contributed by atoms with Gasteiger partial charge in [0.1, 0.15) is 5.52 Å². The summed E-state index contributed by atoms with van der Waals surface area (Å²) in [6, 6.07) is 2.99. The lowest BCUT2D eigenvalue weighted by Gasteiger charge is -2.04. The number of oxazole rings is 1. The SMILES string of the molecule is CCOC(=O)c1csc(Nc2nc3cc(C(F)(F)F)ccc3o2)n1. The molecular weight excluding hydrogens is 347 g/mol. The molecule has 126 valence electrons. The van der Waals surface area contributed by atoms with Crippen LogP contribution in [0.15, 0.2) is 28.0 Å². The summed E-state index contributed by atoms with van der Waals surface area (Å²) < 4.78 is 48.2. The van der Waals surface area contributed by atoms with Gasteiger partial charge in [0.2, 0.25) is 0 Å². The lowest BCUT2D eigenvalue weighted by atomic mass is 10.2. The fourth-order valence-corrected chi connectivity index (χ4v) is 2.55. The Labute approximate surface area is 137 Å². The number of nitrogens with zero attached hydrogens (tertiary/aromatic N) is 2. The molecule has 24 heavy (non-hydrogen) atoms. The molecule has 0 atom stereocenters. The van der Waals surface area contributed by atoms with E-state index in [1.165, 1.54) is 11.4 Å². The normalized spacial score (nSPS) is 11.7. The van der Waals surface area contributed by atoms with E-state index in [1.807, 2.05) is 0 Å². The van der Waals surface area contributed by atoms with Crippen molar-refractivity contribution in [3.63, 3.8) is 0 Å². The van der Waals surface area contributed by atoms with E-state index < -0.39 is 17.7 Å². The summed E-state index contributed by atoms with van der Waals surface area (Å²) in [4.78, 5) is 19.5. The van der Waals surface area contributed by atoms with Gasteiger partial charge in [-0.2, -0.15) is 18.2 Å². The molecule has 0 bridgehead atoms. The molecule has 1 aromatic carbocycles. The molecule has 0 aliphatic rings. The molecule has 0 radical (unpaired) electrons. The van der Waals surface area contributed by atoms with E-state index in [0.29, 0.717) is 5.13 Å². The Morgan fingerprint density at radius 1 is 1.38 bits per heavy atom. The highest BCUT2D eigenvalue weighted by molar-refractivity contribution is 7.14. The van der Waals surface area contributed by atoms with Crippen LogP contribution in [-0.2, 0) is 10.9 Å². The zero-order chi connectivity index (χ0) is 17.3. The highest BCUT2D eigenvalue weighted by atomic mass is 32.1. The first-order valence-corrected chi connectivity index (χ1v) is 7.62. The van der Waals surface area contributed by atoms with Gasteiger partial charge in [0.05, 0.1) is 12.2 Å². The van der Waals surface area contributed by atoms with Crippen molar-refractivity contribution < 1.29 is 27.1 Å². The highest BCUT2D eigenvalue weighted by Crippen LogP contribution is 2.32. The summed E-state index contributed by atoms with van der Waals surface area (Å²) in [5.74, 6) is -0.561. The van der Waals surface area contributed by atoms with Crippen LogP contribution in [0.3, 0.4) is 0 Å². The highest BCUT2D eigenvalue weighted by Gasteiger charge is 2.31. The standard InChI is InChI=1S/C14H10F3N3O3S/c1-2-22-11(21)9-6-24-13(19-9)20-12-18-8-5-7(14(15,16)17)3-4-10(8)23-12/h3-6H,2H2,1H3,(H,18,19,20). The number of hydrogen-bond donors (Lipinski definition) is 1. The van der Waals surface area contributed by atoms with Gasteiger partial charge in [-0.25, -0.2) is 9.78 Å². The van der Waals surface area contributed by atoms with Gasteiger partial charge < -0.3 is 9.15 Å². The first-order valence-electron chi connectivity index (χ1n) is 6.74. The number of aromatic nitrogens is 2. The zero-order valence-corrected chi connectivity index (χ0v) is 13.0. The number of carbonyl (C=O) groups is 1. The number of ether oxygens (including phenoxy) is 1. The Kier molecular flexibility index (Phi) is 4.14. The maximum Gasteiger partial charge on any atom is 0.416 e. The average Bonchev–Trinajstić information content (AvgIpc) is 3.12. The fraction of sp³-hybridized carbons (Fsp3) is 0.214. The number of hydrogen-bond acceptors (Lipinski definition) is 7. The molecule has 1 N–H and O–H groups in total. The molecule has 0 aliphatic heterocycles.